The Morgan fingerprint density at radius 1 is 1.21 bits per heavy atom. The van der Waals surface area contributed by atoms with Crippen LogP contribution in [0.2, 0.25) is 0 Å². The van der Waals surface area contributed by atoms with Gasteiger partial charge in [0.25, 0.3) is 0 Å². The maximum absolute atomic E-state index is 13.4. The summed E-state index contributed by atoms with van der Waals surface area (Å²) >= 11 is 1.64. The Hall–Kier alpha value is -2.73. The molecule has 3 aromatic rings. The number of thiazole rings is 1. The van der Waals surface area contributed by atoms with E-state index in [9.17, 15) is 18.3 Å². The monoisotopic (exact) mass is 548 g/mol. The molecule has 1 aromatic heterocycles. The Bertz CT molecular complexity index is 1300. The molecule has 0 aliphatic carbocycles. The van der Waals surface area contributed by atoms with Crippen LogP contribution in [0.4, 0.5) is 13.2 Å². The number of hydrogen-bond donors (Lipinski definition) is 1. The minimum atomic E-state index is -4.43. The van der Waals surface area contributed by atoms with Crippen molar-refractivity contribution >= 4 is 27.3 Å². The molecular weight excluding hydrogens is 517 g/mol. The second-order valence-corrected chi connectivity index (χ2v) is 11.2. The van der Waals surface area contributed by atoms with Gasteiger partial charge < -0.3 is 14.7 Å². The highest BCUT2D eigenvalue weighted by Gasteiger charge is 2.37. The molecule has 0 amide bonds. The number of aryl methyl sites for hydroxylation is 1. The van der Waals surface area contributed by atoms with E-state index in [1.807, 2.05) is 25.1 Å². The number of benzene rings is 2. The molecule has 1 N–H and O–H groups in total. The van der Waals surface area contributed by atoms with Gasteiger partial charge in [-0.15, -0.1) is 11.3 Å². The second-order valence-electron chi connectivity index (χ2n) is 9.95. The molecule has 2 aliphatic heterocycles. The van der Waals surface area contributed by atoms with Gasteiger partial charge in [-0.2, -0.15) is 13.2 Å². The third kappa shape index (κ3) is 6.28. The standard InChI is InChI=1S/C27H31F3N4O3S/c1-17-13-33(15-20(35)16-36-21-7-8-26-24(12-21)31-18(2)38-26)9-10-34(17)14-19-11-25(37-32-19)22-5-3-4-6-23(22)27(28,29)30/h3-8,12,17,20,25,35H,9-11,13-16H2,1-2H3/t17-,20?,25?/m0/s1. The summed E-state index contributed by atoms with van der Waals surface area (Å²) in [5, 5.41) is 15.7. The molecule has 11 heteroatoms. The van der Waals surface area contributed by atoms with E-state index in [2.05, 4.69) is 26.9 Å². The van der Waals surface area contributed by atoms with Gasteiger partial charge in [0.05, 0.1) is 26.5 Å². The second kappa shape index (κ2) is 11.2. The van der Waals surface area contributed by atoms with E-state index in [0.717, 1.165) is 46.6 Å². The quantitative estimate of drug-likeness (QED) is 0.433. The molecule has 0 saturated carbocycles. The summed E-state index contributed by atoms with van der Waals surface area (Å²) in [5.74, 6) is 0.691. The molecule has 2 aromatic carbocycles. The predicted octanol–water partition coefficient (Wildman–Crippen LogP) is 4.89. The predicted molar refractivity (Wildman–Crippen MR) is 141 cm³/mol. The fraction of sp³-hybridized carbons (Fsp3) is 0.481. The number of aromatic nitrogens is 1. The minimum absolute atomic E-state index is 0.120. The van der Waals surface area contributed by atoms with Gasteiger partial charge in [0.1, 0.15) is 18.5 Å². The van der Waals surface area contributed by atoms with E-state index in [1.165, 1.54) is 12.1 Å². The van der Waals surface area contributed by atoms with Crippen molar-refractivity contribution in [2.24, 2.45) is 5.16 Å². The van der Waals surface area contributed by atoms with Crippen LogP contribution in [0.5, 0.6) is 5.75 Å². The summed E-state index contributed by atoms with van der Waals surface area (Å²) in [5.41, 5.74) is 1.09. The van der Waals surface area contributed by atoms with Crippen LogP contribution in [0.1, 0.15) is 35.6 Å². The normalized spacial score (nSPS) is 21.9. The molecule has 38 heavy (non-hydrogen) atoms. The Morgan fingerprint density at radius 2 is 2.03 bits per heavy atom. The summed E-state index contributed by atoms with van der Waals surface area (Å²) < 4.78 is 47.2. The van der Waals surface area contributed by atoms with Crippen molar-refractivity contribution in [3.63, 3.8) is 0 Å². The third-order valence-electron chi connectivity index (χ3n) is 6.96. The van der Waals surface area contributed by atoms with E-state index in [1.54, 1.807) is 17.4 Å². The van der Waals surface area contributed by atoms with Gasteiger partial charge in [0.15, 0.2) is 6.10 Å². The van der Waals surface area contributed by atoms with Crippen molar-refractivity contribution in [2.45, 2.75) is 44.7 Å². The topological polar surface area (TPSA) is 70.4 Å². The van der Waals surface area contributed by atoms with Gasteiger partial charge in [0, 0.05) is 56.8 Å². The van der Waals surface area contributed by atoms with Gasteiger partial charge in [-0.3, -0.25) is 9.80 Å². The van der Waals surface area contributed by atoms with Crippen molar-refractivity contribution in [3.8, 4) is 5.75 Å². The Balaban J connectivity index is 1.08. The summed E-state index contributed by atoms with van der Waals surface area (Å²) in [6.45, 7) is 7.59. The van der Waals surface area contributed by atoms with E-state index in [-0.39, 0.29) is 18.2 Å². The van der Waals surface area contributed by atoms with Gasteiger partial charge in [-0.25, -0.2) is 4.98 Å². The number of nitrogens with zero attached hydrogens (tertiary/aromatic N) is 4. The van der Waals surface area contributed by atoms with Crippen LogP contribution in [0, 0.1) is 6.92 Å². The molecular formula is C27H31F3N4O3S. The van der Waals surface area contributed by atoms with Gasteiger partial charge in [-0.1, -0.05) is 23.4 Å². The maximum Gasteiger partial charge on any atom is 0.416 e. The van der Waals surface area contributed by atoms with Crippen LogP contribution < -0.4 is 4.74 Å². The van der Waals surface area contributed by atoms with Crippen molar-refractivity contribution < 1.29 is 27.9 Å². The molecule has 0 bridgehead atoms. The first kappa shape index (κ1) is 26.9. The SMILES string of the molecule is Cc1nc2cc(OCC(O)CN3CCN(CC4=NOC(c5ccccc5C(F)(F)F)C4)[C@@H](C)C3)ccc2s1. The number of aliphatic hydroxyl groups excluding tert-OH is 1. The Labute approximate surface area is 223 Å². The van der Waals surface area contributed by atoms with Crippen molar-refractivity contribution in [3.05, 3.63) is 58.6 Å². The number of fused-ring (bicyclic) bond motifs is 1. The van der Waals surface area contributed by atoms with E-state index >= 15 is 0 Å². The minimum Gasteiger partial charge on any atom is -0.491 e. The molecule has 204 valence electrons. The van der Waals surface area contributed by atoms with Crippen LogP contribution >= 0.6 is 11.3 Å². The average Bonchev–Trinajstić information content (AvgIpc) is 3.49. The van der Waals surface area contributed by atoms with Gasteiger partial charge in [0.2, 0.25) is 0 Å². The van der Waals surface area contributed by atoms with Crippen LogP contribution in [0.25, 0.3) is 10.2 Å². The summed E-state index contributed by atoms with van der Waals surface area (Å²) in [6, 6.07) is 11.5. The van der Waals surface area contributed by atoms with Crippen LogP contribution in [0.3, 0.4) is 0 Å². The molecule has 3 heterocycles. The number of piperazine rings is 1. The molecule has 1 saturated heterocycles. The molecule has 5 rings (SSSR count). The van der Waals surface area contributed by atoms with Crippen LogP contribution in [-0.2, 0) is 11.0 Å². The first-order valence-electron chi connectivity index (χ1n) is 12.7. The first-order valence-corrected chi connectivity index (χ1v) is 13.5. The lowest BCUT2D eigenvalue weighted by molar-refractivity contribution is -0.139. The highest BCUT2D eigenvalue weighted by atomic mass is 32.1. The Kier molecular flexibility index (Phi) is 7.90. The van der Waals surface area contributed by atoms with Crippen molar-refractivity contribution in [2.75, 3.05) is 39.3 Å². The van der Waals surface area contributed by atoms with E-state index in [4.69, 9.17) is 9.57 Å². The zero-order valence-corrected chi connectivity index (χ0v) is 22.1. The lowest BCUT2D eigenvalue weighted by Gasteiger charge is -2.40. The summed E-state index contributed by atoms with van der Waals surface area (Å²) in [7, 11) is 0. The highest BCUT2D eigenvalue weighted by molar-refractivity contribution is 7.18. The van der Waals surface area contributed by atoms with Crippen molar-refractivity contribution in [1.82, 2.24) is 14.8 Å². The molecule has 0 radical (unpaired) electrons. The number of β-amino-alcohol motifs (C(OH)–C–C–N with tert-alkyl or cyclic N) is 1. The van der Waals surface area contributed by atoms with Crippen LogP contribution in [-0.4, -0.2) is 77.1 Å². The highest BCUT2D eigenvalue weighted by Crippen LogP contribution is 2.38. The first-order chi connectivity index (χ1) is 18.2. The number of oxime groups is 1. The van der Waals surface area contributed by atoms with Crippen molar-refractivity contribution in [1.29, 1.82) is 0 Å². The van der Waals surface area contributed by atoms with E-state index in [0.29, 0.717) is 25.3 Å². The summed E-state index contributed by atoms with van der Waals surface area (Å²) in [4.78, 5) is 14.4. The molecule has 7 nitrogen and oxygen atoms in total. The van der Waals surface area contributed by atoms with Crippen LogP contribution in [0.15, 0.2) is 47.6 Å². The molecule has 1 fully saturated rings. The number of aliphatic hydroxyl groups is 1. The number of alkyl halides is 3. The number of ether oxygens (including phenoxy) is 1. The molecule has 2 aliphatic rings. The third-order valence-corrected chi connectivity index (χ3v) is 7.91. The largest absolute Gasteiger partial charge is 0.491 e. The smallest absolute Gasteiger partial charge is 0.416 e. The lowest BCUT2D eigenvalue weighted by atomic mass is 9.98. The summed E-state index contributed by atoms with van der Waals surface area (Å²) in [6.07, 6.45) is -5.46. The maximum atomic E-state index is 13.4. The Morgan fingerprint density at radius 3 is 2.82 bits per heavy atom. The lowest BCUT2D eigenvalue weighted by Crippen LogP contribution is -2.54. The van der Waals surface area contributed by atoms with Gasteiger partial charge in [-0.05, 0) is 32.0 Å². The van der Waals surface area contributed by atoms with Gasteiger partial charge >= 0.3 is 6.18 Å². The average molecular weight is 549 g/mol. The van der Waals surface area contributed by atoms with E-state index < -0.39 is 23.9 Å². The molecule has 2 unspecified atom stereocenters. The fourth-order valence-electron chi connectivity index (χ4n) is 5.08. The number of hydrogen-bond acceptors (Lipinski definition) is 8. The zero-order chi connectivity index (χ0) is 26.9. The number of rotatable bonds is 8. The zero-order valence-electron chi connectivity index (χ0n) is 21.3. The molecule has 3 atom stereocenters. The molecule has 0 spiro atoms. The fourth-order valence-corrected chi connectivity index (χ4v) is 5.89. The number of halogens is 3.